The molecule has 5 rings (SSSR count). The summed E-state index contributed by atoms with van der Waals surface area (Å²) in [6.45, 7) is 4.48. The van der Waals surface area contributed by atoms with Crippen LogP contribution in [0.15, 0.2) is 77.2 Å². The molecular formula is C37H42ClN4O9S+. The van der Waals surface area contributed by atoms with Crippen molar-refractivity contribution >= 4 is 62.0 Å². The van der Waals surface area contributed by atoms with Crippen molar-refractivity contribution < 1.29 is 46.3 Å². The van der Waals surface area contributed by atoms with Gasteiger partial charge in [0.2, 0.25) is 5.91 Å². The predicted molar refractivity (Wildman–Crippen MR) is 193 cm³/mol. The van der Waals surface area contributed by atoms with E-state index in [1.54, 1.807) is 32.9 Å². The molecule has 15 heteroatoms. The largest absolute Gasteiger partial charge is 0.460 e. The number of carbonyl (C=O) groups excluding carboxylic acids is 5. The fraction of sp³-hybridized carbons (Fsp3) is 0.378. The molecule has 2 heterocycles. The van der Waals surface area contributed by atoms with Gasteiger partial charge in [0.05, 0.1) is 12.5 Å². The Kier molecular flexibility index (Phi) is 11.4. The number of nitrogens with one attached hydrogen (secondary N) is 3. The first-order chi connectivity index (χ1) is 24.4. The first-order valence-electron chi connectivity index (χ1n) is 16.7. The van der Waals surface area contributed by atoms with Crippen molar-refractivity contribution in [2.45, 2.75) is 63.9 Å². The first kappa shape index (κ1) is 38.4. The Morgan fingerprint density at radius 3 is 2.38 bits per heavy atom. The van der Waals surface area contributed by atoms with Crippen molar-refractivity contribution in [1.29, 1.82) is 0 Å². The minimum Gasteiger partial charge on any atom is -0.460 e. The number of nitrogens with zero attached hydrogens (tertiary/aromatic N) is 1. The lowest BCUT2D eigenvalue weighted by Gasteiger charge is -2.24. The van der Waals surface area contributed by atoms with E-state index in [0.29, 0.717) is 0 Å². The van der Waals surface area contributed by atoms with Crippen molar-refractivity contribution in [3.8, 4) is 0 Å². The number of hydrogen-bond acceptors (Lipinski definition) is 9. The molecular weight excluding hydrogens is 712 g/mol. The Balaban J connectivity index is 1.36. The van der Waals surface area contributed by atoms with Gasteiger partial charge in [-0.05, 0) is 48.7 Å². The van der Waals surface area contributed by atoms with Gasteiger partial charge in [0.1, 0.15) is 35.7 Å². The van der Waals surface area contributed by atoms with Crippen LogP contribution in [0.2, 0.25) is 0 Å². The van der Waals surface area contributed by atoms with E-state index in [2.05, 4.69) is 16.0 Å². The number of halogens is 1. The summed E-state index contributed by atoms with van der Waals surface area (Å²) in [5, 5.41) is 9.69. The number of quaternary nitrogens is 1. The van der Waals surface area contributed by atoms with Crippen LogP contribution in [0.25, 0.3) is 10.8 Å². The summed E-state index contributed by atoms with van der Waals surface area (Å²) in [5.74, 6) is -2.38. The van der Waals surface area contributed by atoms with E-state index in [4.69, 9.17) is 21.1 Å². The molecule has 276 valence electrons. The van der Waals surface area contributed by atoms with Crippen LogP contribution >= 0.6 is 11.6 Å². The lowest BCUT2D eigenvalue weighted by atomic mass is 9.93. The van der Waals surface area contributed by atoms with Crippen molar-refractivity contribution in [1.82, 2.24) is 16.0 Å². The van der Waals surface area contributed by atoms with E-state index in [1.807, 2.05) is 54.6 Å². The molecule has 0 radical (unpaired) electrons. The van der Waals surface area contributed by atoms with Gasteiger partial charge in [-0.3, -0.25) is 14.4 Å². The molecule has 1 saturated heterocycles. The quantitative estimate of drug-likeness (QED) is 0.142. The third-order valence-corrected chi connectivity index (χ3v) is 10.6. The molecule has 0 bridgehead atoms. The Labute approximate surface area is 307 Å². The molecule has 1 fully saturated rings. The summed E-state index contributed by atoms with van der Waals surface area (Å²) in [6, 6.07) is 18.0. The molecule has 3 aromatic carbocycles. The molecule has 0 aromatic heterocycles. The van der Waals surface area contributed by atoms with Gasteiger partial charge in [-0.15, -0.1) is 0 Å². The lowest BCUT2D eigenvalue weighted by molar-refractivity contribution is -0.728. The van der Waals surface area contributed by atoms with E-state index in [9.17, 15) is 32.4 Å². The van der Waals surface area contributed by atoms with Crippen LogP contribution in [0.4, 0.5) is 4.79 Å². The Morgan fingerprint density at radius 1 is 1.00 bits per heavy atom. The zero-order chi connectivity index (χ0) is 37.8. The van der Waals surface area contributed by atoms with Crippen LogP contribution in [0, 0.1) is 0 Å². The number of amides is 4. The minimum atomic E-state index is -3.86. The Bertz CT molecular complexity index is 2030. The van der Waals surface area contributed by atoms with Crippen molar-refractivity contribution in [2.75, 3.05) is 25.9 Å². The standard InChI is InChI=1S/C37H41ClN4O9S/c1-37(2,3)51-34(45)17-25(16-31(38)52(4,48)49)40-33(44)21-42-20-30(42)27-15-14-24-12-8-9-13-26(24)28(27)18-29(35(42)46)41-32(43)19-39-36(47)50-22-23-10-6-5-7-11-23/h5-16,25,29-30H,17-22H2,1-4H3,(H2-,39,40,41,43,44,47)/p+1. The normalized spacial score (nSPS) is 20.4. The highest BCUT2D eigenvalue weighted by atomic mass is 35.5. The highest BCUT2D eigenvalue weighted by molar-refractivity contribution is 7.96. The second-order valence-corrected chi connectivity index (χ2v) is 16.6. The summed E-state index contributed by atoms with van der Waals surface area (Å²) >= 11 is 6.02. The van der Waals surface area contributed by atoms with Crippen LogP contribution in [-0.2, 0) is 51.5 Å². The van der Waals surface area contributed by atoms with Crippen LogP contribution in [-0.4, -0.2) is 86.3 Å². The first-order valence-corrected chi connectivity index (χ1v) is 19.0. The van der Waals surface area contributed by atoms with Gasteiger partial charge in [-0.2, -0.15) is 0 Å². The number of esters is 1. The SMILES string of the molecule is CC(C)(C)OC(=O)CC(C=C(Cl)S(C)(=O)=O)NC(=O)C[N+]12CC1c1ccc3ccccc3c1CC(NC(=O)CNC(=O)OCc1ccccc1)C2=O. The number of rotatable bonds is 12. The molecule has 2 aliphatic heterocycles. The number of benzene rings is 3. The van der Waals surface area contributed by atoms with Gasteiger partial charge in [-0.1, -0.05) is 78.3 Å². The molecule has 3 aromatic rings. The Hall–Kier alpha value is -4.79. The maximum absolute atomic E-state index is 14.4. The third kappa shape index (κ3) is 9.55. The van der Waals surface area contributed by atoms with E-state index in [0.717, 1.165) is 39.8 Å². The topological polar surface area (TPSA) is 174 Å². The van der Waals surface area contributed by atoms with Crippen LogP contribution in [0.1, 0.15) is 49.9 Å². The van der Waals surface area contributed by atoms with Crippen molar-refractivity contribution in [2.24, 2.45) is 0 Å². The summed E-state index contributed by atoms with van der Waals surface area (Å²) in [6.07, 6.45) is 0.878. The second-order valence-electron chi connectivity index (χ2n) is 14.0. The lowest BCUT2D eigenvalue weighted by Crippen LogP contribution is -2.55. The van der Waals surface area contributed by atoms with Gasteiger partial charge in [0, 0.05) is 18.2 Å². The minimum absolute atomic E-state index is 0.0115. The maximum atomic E-state index is 14.4. The molecule has 0 aliphatic carbocycles. The number of ether oxygens (including phenoxy) is 2. The second kappa shape index (κ2) is 15.4. The number of sulfone groups is 1. The molecule has 3 N–H and O–H groups in total. The number of hydrogen-bond donors (Lipinski definition) is 3. The van der Waals surface area contributed by atoms with Crippen LogP contribution in [0.3, 0.4) is 0 Å². The number of fused-ring (bicyclic) bond motifs is 5. The fourth-order valence-electron chi connectivity index (χ4n) is 6.41. The monoisotopic (exact) mass is 753 g/mol. The molecule has 4 atom stereocenters. The zero-order valence-corrected chi connectivity index (χ0v) is 30.9. The number of carbonyl (C=O) groups is 5. The van der Waals surface area contributed by atoms with Gasteiger partial charge >= 0.3 is 18.0 Å². The van der Waals surface area contributed by atoms with Gasteiger partial charge in [-0.25, -0.2) is 22.5 Å². The average molecular weight is 754 g/mol. The van der Waals surface area contributed by atoms with E-state index in [1.165, 1.54) is 0 Å². The summed E-state index contributed by atoms with van der Waals surface area (Å²) in [5.41, 5.74) is 1.66. The van der Waals surface area contributed by atoms with Gasteiger partial charge < -0.3 is 25.4 Å². The molecule has 13 nitrogen and oxygen atoms in total. The van der Waals surface area contributed by atoms with E-state index < -0.39 is 80.7 Å². The highest BCUT2D eigenvalue weighted by Gasteiger charge is 2.66. The van der Waals surface area contributed by atoms with Crippen LogP contribution in [0.5, 0.6) is 0 Å². The van der Waals surface area contributed by atoms with E-state index in [-0.39, 0.29) is 30.6 Å². The van der Waals surface area contributed by atoms with Crippen LogP contribution < -0.4 is 16.0 Å². The van der Waals surface area contributed by atoms with Crippen molar-refractivity contribution in [3.05, 3.63) is 93.9 Å². The van der Waals surface area contributed by atoms with Gasteiger partial charge in [0.25, 0.3) is 5.91 Å². The molecule has 2 aliphatic rings. The smallest absolute Gasteiger partial charge is 0.407 e. The fourth-order valence-corrected chi connectivity index (χ4v) is 6.97. The van der Waals surface area contributed by atoms with Crippen molar-refractivity contribution in [3.63, 3.8) is 0 Å². The Morgan fingerprint density at radius 2 is 1.69 bits per heavy atom. The average Bonchev–Trinajstić information content (AvgIpc) is 3.79. The van der Waals surface area contributed by atoms with E-state index >= 15 is 0 Å². The summed E-state index contributed by atoms with van der Waals surface area (Å²) in [7, 11) is -3.86. The van der Waals surface area contributed by atoms with Gasteiger partial charge in [0.15, 0.2) is 22.4 Å². The third-order valence-electron chi connectivity index (χ3n) is 8.75. The highest BCUT2D eigenvalue weighted by Crippen LogP contribution is 2.50. The number of alkyl carbamates (subject to hydrolysis) is 1. The zero-order valence-electron chi connectivity index (χ0n) is 29.3. The molecule has 0 saturated carbocycles. The summed E-state index contributed by atoms with van der Waals surface area (Å²) in [4.78, 5) is 66.3. The molecule has 52 heavy (non-hydrogen) atoms. The molecule has 0 spiro atoms. The maximum Gasteiger partial charge on any atom is 0.407 e. The predicted octanol–water partition coefficient (Wildman–Crippen LogP) is 3.55. The molecule has 4 unspecified atom stereocenters. The molecule has 4 amide bonds. The summed E-state index contributed by atoms with van der Waals surface area (Å²) < 4.78 is 33.9.